The second-order valence-corrected chi connectivity index (χ2v) is 6.25. The second-order valence-electron chi connectivity index (χ2n) is 4.29. The predicted octanol–water partition coefficient (Wildman–Crippen LogP) is -1.82. The molecule has 0 spiro atoms. The zero-order chi connectivity index (χ0) is 15.8. The van der Waals surface area contributed by atoms with E-state index in [4.69, 9.17) is 5.11 Å². The van der Waals surface area contributed by atoms with Crippen LogP contribution in [-0.4, -0.2) is 46.0 Å². The second kappa shape index (κ2) is 5.21. The summed E-state index contributed by atoms with van der Waals surface area (Å²) in [6, 6.07) is -1.35. The summed E-state index contributed by atoms with van der Waals surface area (Å²) < 4.78 is 26.6. The lowest BCUT2D eigenvalue weighted by Crippen LogP contribution is -2.45. The van der Waals surface area contributed by atoms with Gasteiger partial charge in [-0.15, -0.1) is 0 Å². The third kappa shape index (κ3) is 2.51. The number of sulfonamides is 1. The Balaban J connectivity index is 3.57. The lowest BCUT2D eigenvalue weighted by atomic mass is 10.4. The minimum atomic E-state index is -4.32. The quantitative estimate of drug-likeness (QED) is 0.699. The lowest BCUT2D eigenvalue weighted by Gasteiger charge is -2.21. The third-order valence-electron chi connectivity index (χ3n) is 2.97. The van der Waals surface area contributed by atoms with Gasteiger partial charge >= 0.3 is 11.7 Å². The van der Waals surface area contributed by atoms with E-state index >= 15 is 0 Å². The van der Waals surface area contributed by atoms with Crippen LogP contribution < -0.4 is 11.2 Å². The Morgan fingerprint density at radius 3 is 2.30 bits per heavy atom. The molecule has 0 aromatic carbocycles. The molecule has 0 bridgehead atoms. The molecular formula is C10H15N3O6S. The maximum absolute atomic E-state index is 12.2. The van der Waals surface area contributed by atoms with E-state index in [1.54, 1.807) is 0 Å². The number of hydrogen-bond acceptors (Lipinski definition) is 5. The molecule has 9 nitrogen and oxygen atoms in total. The van der Waals surface area contributed by atoms with Crippen LogP contribution in [0.4, 0.5) is 0 Å². The van der Waals surface area contributed by atoms with Gasteiger partial charge in [0.1, 0.15) is 6.04 Å². The zero-order valence-electron chi connectivity index (χ0n) is 11.4. The van der Waals surface area contributed by atoms with E-state index in [1.807, 2.05) is 0 Å². The molecule has 1 N–H and O–H groups in total. The molecule has 1 atom stereocenters. The minimum Gasteiger partial charge on any atom is -0.480 e. The van der Waals surface area contributed by atoms with E-state index in [1.165, 1.54) is 14.0 Å². The molecule has 0 aliphatic carbocycles. The van der Waals surface area contributed by atoms with Gasteiger partial charge in [0.15, 0.2) is 4.90 Å². The number of aromatic nitrogens is 2. The summed E-state index contributed by atoms with van der Waals surface area (Å²) in [5.74, 6) is -1.35. The highest BCUT2D eigenvalue weighted by Crippen LogP contribution is 2.12. The van der Waals surface area contributed by atoms with Crippen LogP contribution in [0.5, 0.6) is 0 Å². The lowest BCUT2D eigenvalue weighted by molar-refractivity contribution is -0.140. The van der Waals surface area contributed by atoms with Crippen molar-refractivity contribution in [1.29, 1.82) is 0 Å². The molecule has 0 aliphatic rings. The highest BCUT2D eigenvalue weighted by atomic mass is 32.2. The molecule has 20 heavy (non-hydrogen) atoms. The van der Waals surface area contributed by atoms with Crippen molar-refractivity contribution in [2.24, 2.45) is 14.1 Å². The molecule has 1 heterocycles. The van der Waals surface area contributed by atoms with Gasteiger partial charge in [0.2, 0.25) is 0 Å². The van der Waals surface area contributed by atoms with Crippen molar-refractivity contribution in [3.8, 4) is 0 Å². The molecule has 0 aliphatic heterocycles. The van der Waals surface area contributed by atoms with E-state index in [2.05, 4.69) is 0 Å². The normalized spacial score (nSPS) is 13.4. The van der Waals surface area contributed by atoms with Gasteiger partial charge < -0.3 is 9.67 Å². The highest BCUT2D eigenvalue weighted by molar-refractivity contribution is 7.89. The van der Waals surface area contributed by atoms with Gasteiger partial charge in [-0.2, -0.15) is 4.31 Å². The topological polar surface area (TPSA) is 119 Å². The molecule has 1 aromatic rings. The largest absolute Gasteiger partial charge is 0.480 e. The first-order chi connectivity index (χ1) is 9.01. The SMILES string of the molecule is CC(C(=O)O)N(C)S(=O)(=O)c1cn(C)c(=O)n(C)c1=O. The third-order valence-corrected chi connectivity index (χ3v) is 4.89. The molecule has 0 radical (unpaired) electrons. The highest BCUT2D eigenvalue weighted by Gasteiger charge is 2.32. The average molecular weight is 305 g/mol. The van der Waals surface area contributed by atoms with Crippen molar-refractivity contribution in [3.05, 3.63) is 27.0 Å². The molecule has 0 saturated heterocycles. The van der Waals surface area contributed by atoms with Gasteiger partial charge in [0.05, 0.1) is 0 Å². The number of aliphatic carboxylic acids is 1. The Kier molecular flexibility index (Phi) is 4.20. The number of carboxylic acid groups (broad SMARTS) is 1. The van der Waals surface area contributed by atoms with Gasteiger partial charge in [-0.3, -0.25) is 14.2 Å². The number of aryl methyl sites for hydroxylation is 1. The minimum absolute atomic E-state index is 0.566. The maximum atomic E-state index is 12.2. The van der Waals surface area contributed by atoms with Gasteiger partial charge in [0, 0.05) is 27.3 Å². The summed E-state index contributed by atoms with van der Waals surface area (Å²) >= 11 is 0. The van der Waals surface area contributed by atoms with E-state index in [9.17, 15) is 22.8 Å². The van der Waals surface area contributed by atoms with E-state index in [0.717, 1.165) is 24.9 Å². The Bertz CT molecular complexity index is 760. The van der Waals surface area contributed by atoms with Crippen LogP contribution in [0.15, 0.2) is 20.7 Å². The molecule has 0 amide bonds. The van der Waals surface area contributed by atoms with Crippen LogP contribution >= 0.6 is 0 Å². The zero-order valence-corrected chi connectivity index (χ0v) is 12.2. The Labute approximate surface area is 114 Å². The van der Waals surface area contributed by atoms with E-state index < -0.39 is 38.2 Å². The van der Waals surface area contributed by atoms with Gasteiger partial charge in [0.25, 0.3) is 15.6 Å². The van der Waals surface area contributed by atoms with Crippen molar-refractivity contribution in [1.82, 2.24) is 13.4 Å². The summed E-state index contributed by atoms with van der Waals surface area (Å²) in [4.78, 5) is 33.6. The number of likely N-dealkylation sites (N-methyl/N-ethyl adjacent to an activating group) is 1. The van der Waals surface area contributed by atoms with Gasteiger partial charge in [-0.25, -0.2) is 13.2 Å². The number of carbonyl (C=O) groups is 1. The van der Waals surface area contributed by atoms with E-state index in [0.29, 0.717) is 8.87 Å². The van der Waals surface area contributed by atoms with Crippen LogP contribution in [0, 0.1) is 0 Å². The first-order valence-electron chi connectivity index (χ1n) is 5.49. The summed E-state index contributed by atoms with van der Waals surface area (Å²) in [6.45, 7) is 1.17. The standard InChI is InChI=1S/C10H15N3O6S/c1-6(9(15)16)13(4)20(18,19)7-5-11(2)10(17)12(3)8(7)14/h5-6H,1-4H3,(H,15,16). The van der Waals surface area contributed by atoms with Crippen molar-refractivity contribution in [2.75, 3.05) is 7.05 Å². The fourth-order valence-electron chi connectivity index (χ4n) is 1.47. The first kappa shape index (κ1) is 16.1. The summed E-state index contributed by atoms with van der Waals surface area (Å²) in [5.41, 5.74) is -1.68. The Hall–Kier alpha value is -1.94. The molecule has 1 aromatic heterocycles. The molecule has 112 valence electrons. The maximum Gasteiger partial charge on any atom is 0.330 e. The van der Waals surface area contributed by atoms with Crippen molar-refractivity contribution in [2.45, 2.75) is 17.9 Å². The van der Waals surface area contributed by atoms with Crippen molar-refractivity contribution < 1.29 is 18.3 Å². The molecule has 10 heteroatoms. The van der Waals surface area contributed by atoms with Crippen LogP contribution in [0.1, 0.15) is 6.92 Å². The van der Waals surface area contributed by atoms with Crippen LogP contribution in [0.2, 0.25) is 0 Å². The van der Waals surface area contributed by atoms with Crippen molar-refractivity contribution >= 4 is 16.0 Å². The van der Waals surface area contributed by atoms with Crippen LogP contribution in [-0.2, 0) is 28.9 Å². The molecule has 1 unspecified atom stereocenters. The molecule has 0 fully saturated rings. The Morgan fingerprint density at radius 1 is 1.35 bits per heavy atom. The fraction of sp³-hybridized carbons (Fsp3) is 0.500. The average Bonchev–Trinajstić information content (AvgIpc) is 2.38. The van der Waals surface area contributed by atoms with Gasteiger partial charge in [-0.05, 0) is 6.92 Å². The molecular weight excluding hydrogens is 290 g/mol. The van der Waals surface area contributed by atoms with Crippen LogP contribution in [0.25, 0.3) is 0 Å². The van der Waals surface area contributed by atoms with Gasteiger partial charge in [-0.1, -0.05) is 0 Å². The first-order valence-corrected chi connectivity index (χ1v) is 6.93. The van der Waals surface area contributed by atoms with Crippen LogP contribution in [0.3, 0.4) is 0 Å². The fourth-order valence-corrected chi connectivity index (χ4v) is 2.94. The smallest absolute Gasteiger partial charge is 0.330 e. The molecule has 0 saturated carbocycles. The molecule has 1 rings (SSSR count). The van der Waals surface area contributed by atoms with Crippen molar-refractivity contribution in [3.63, 3.8) is 0 Å². The summed E-state index contributed by atoms with van der Waals surface area (Å²) in [6.07, 6.45) is 0.880. The number of rotatable bonds is 4. The summed E-state index contributed by atoms with van der Waals surface area (Å²) in [5, 5.41) is 8.84. The number of nitrogens with zero attached hydrogens (tertiary/aromatic N) is 3. The number of carboxylic acids is 1. The summed E-state index contributed by atoms with van der Waals surface area (Å²) in [7, 11) is -0.826. The Morgan fingerprint density at radius 2 is 1.85 bits per heavy atom. The number of hydrogen-bond donors (Lipinski definition) is 1. The van der Waals surface area contributed by atoms with E-state index in [-0.39, 0.29) is 0 Å². The monoisotopic (exact) mass is 305 g/mol. The predicted molar refractivity (Wildman–Crippen MR) is 69.0 cm³/mol.